The summed E-state index contributed by atoms with van der Waals surface area (Å²) in [7, 11) is 0. The Balaban J connectivity index is 0.00000144. The van der Waals surface area contributed by atoms with Crippen LogP contribution in [0.15, 0.2) is 23.4 Å². The molecule has 1 unspecified atom stereocenters. The number of carboxylic acids is 1. The van der Waals surface area contributed by atoms with E-state index >= 15 is 0 Å². The van der Waals surface area contributed by atoms with Crippen molar-refractivity contribution in [3.63, 3.8) is 0 Å². The van der Waals surface area contributed by atoms with Gasteiger partial charge in [0.05, 0.1) is 17.7 Å². The van der Waals surface area contributed by atoms with Crippen LogP contribution >= 0.6 is 23.1 Å². The van der Waals surface area contributed by atoms with Gasteiger partial charge in [-0.3, -0.25) is 9.69 Å². The number of hydrogen-bond acceptors (Lipinski definition) is 5. The van der Waals surface area contributed by atoms with Crippen LogP contribution in [0.25, 0.3) is 6.08 Å². The molecule has 0 radical (unpaired) electrons. The Morgan fingerprint density at radius 3 is 3.00 bits per heavy atom. The minimum atomic E-state index is -1.27. The molecular formula is C15H12NNaO3S2. The SMILES string of the molecule is O=C([O-])C1=CCC2/C(=C\c3cc4c(s3)CCSC4)C(=O)N12.[Na+]. The number of aryl methyl sites for hydroxylation is 1. The molecule has 0 spiro atoms. The van der Waals surface area contributed by atoms with Crippen LogP contribution in [0.5, 0.6) is 0 Å². The van der Waals surface area contributed by atoms with Gasteiger partial charge < -0.3 is 9.90 Å². The summed E-state index contributed by atoms with van der Waals surface area (Å²) < 4.78 is 0. The van der Waals surface area contributed by atoms with Gasteiger partial charge in [0.25, 0.3) is 5.91 Å². The van der Waals surface area contributed by atoms with Crippen LogP contribution < -0.4 is 34.7 Å². The number of thioether (sulfide) groups is 1. The van der Waals surface area contributed by atoms with Crippen molar-refractivity contribution in [2.75, 3.05) is 5.75 Å². The van der Waals surface area contributed by atoms with Gasteiger partial charge in [0.15, 0.2) is 0 Å². The number of aliphatic carboxylic acids is 1. The van der Waals surface area contributed by atoms with Crippen molar-refractivity contribution in [1.82, 2.24) is 4.90 Å². The molecule has 0 saturated carbocycles. The van der Waals surface area contributed by atoms with Gasteiger partial charge in [0.1, 0.15) is 0 Å². The fourth-order valence-electron chi connectivity index (χ4n) is 3.06. The molecule has 0 bridgehead atoms. The molecule has 108 valence electrons. The van der Waals surface area contributed by atoms with Gasteiger partial charge in [-0.15, -0.1) is 11.3 Å². The number of carbonyl (C=O) groups excluding carboxylic acids is 2. The predicted molar refractivity (Wildman–Crippen MR) is 80.5 cm³/mol. The second kappa shape index (κ2) is 6.17. The van der Waals surface area contributed by atoms with E-state index in [1.165, 1.54) is 15.3 Å². The molecule has 1 saturated heterocycles. The largest absolute Gasteiger partial charge is 1.00 e. The van der Waals surface area contributed by atoms with Crippen LogP contribution in [0.1, 0.15) is 21.7 Å². The second-order valence-electron chi connectivity index (χ2n) is 5.30. The third kappa shape index (κ3) is 2.51. The zero-order valence-corrected chi connectivity index (χ0v) is 15.8. The molecule has 0 aliphatic carbocycles. The Hall–Kier alpha value is -0.530. The first-order chi connectivity index (χ1) is 10.1. The number of nitrogens with zero attached hydrogens (tertiary/aromatic N) is 1. The fourth-order valence-corrected chi connectivity index (χ4v) is 5.39. The zero-order valence-electron chi connectivity index (χ0n) is 12.1. The number of fused-ring (bicyclic) bond motifs is 2. The summed E-state index contributed by atoms with van der Waals surface area (Å²) >= 11 is 3.69. The van der Waals surface area contributed by atoms with Gasteiger partial charge in [-0.1, -0.05) is 6.08 Å². The number of thiophene rings is 1. The van der Waals surface area contributed by atoms with Gasteiger partial charge in [-0.25, -0.2) is 0 Å². The van der Waals surface area contributed by atoms with Crippen LogP contribution in [-0.4, -0.2) is 28.6 Å². The third-order valence-corrected chi connectivity index (χ3v) is 6.28. The van der Waals surface area contributed by atoms with E-state index in [1.54, 1.807) is 17.4 Å². The predicted octanol–water partition coefficient (Wildman–Crippen LogP) is -1.83. The Morgan fingerprint density at radius 2 is 2.27 bits per heavy atom. The van der Waals surface area contributed by atoms with Crippen LogP contribution in [0.2, 0.25) is 0 Å². The van der Waals surface area contributed by atoms with Gasteiger partial charge in [0, 0.05) is 21.1 Å². The first kappa shape index (κ1) is 16.3. The normalized spacial score (nSPS) is 24.3. The van der Waals surface area contributed by atoms with Gasteiger partial charge in [0.2, 0.25) is 0 Å². The van der Waals surface area contributed by atoms with Gasteiger partial charge >= 0.3 is 29.6 Å². The molecule has 3 aliphatic rings. The maximum absolute atomic E-state index is 12.1. The summed E-state index contributed by atoms with van der Waals surface area (Å²) in [5.41, 5.74) is 2.12. The van der Waals surface area contributed by atoms with Crippen molar-refractivity contribution >= 4 is 41.1 Å². The molecule has 4 nitrogen and oxygen atoms in total. The maximum Gasteiger partial charge on any atom is 1.00 e. The van der Waals surface area contributed by atoms with Crippen molar-refractivity contribution in [3.05, 3.63) is 38.7 Å². The van der Waals surface area contributed by atoms with Gasteiger partial charge in [-0.2, -0.15) is 11.8 Å². The molecule has 22 heavy (non-hydrogen) atoms. The van der Waals surface area contributed by atoms with E-state index in [1.807, 2.05) is 17.8 Å². The van der Waals surface area contributed by atoms with Crippen molar-refractivity contribution in [2.45, 2.75) is 24.6 Å². The number of β-lactam (4-membered cyclic amide) rings is 1. The van der Waals surface area contributed by atoms with E-state index in [0.717, 1.165) is 22.8 Å². The average Bonchev–Trinajstić information content (AvgIpc) is 3.05. The van der Waals surface area contributed by atoms with Crippen molar-refractivity contribution < 1.29 is 44.3 Å². The smallest absolute Gasteiger partial charge is 0.543 e. The monoisotopic (exact) mass is 341 g/mol. The topological polar surface area (TPSA) is 60.4 Å². The molecule has 7 heteroatoms. The van der Waals surface area contributed by atoms with E-state index in [-0.39, 0.29) is 47.2 Å². The Morgan fingerprint density at radius 1 is 1.45 bits per heavy atom. The number of rotatable bonds is 2. The molecule has 0 aromatic carbocycles. The Labute approximate surface area is 158 Å². The standard InChI is InChI=1S/C15H13NO3S2.Na/c17-14-10(11-1-2-12(15(18)19)16(11)14)6-9-5-8-7-20-4-3-13(8)21-9;/h2,5-6,11H,1,3-4,7H2,(H,18,19);/q;+1/p-1/b10-6+;. The van der Waals surface area contributed by atoms with E-state index in [4.69, 9.17) is 0 Å². The molecule has 1 fully saturated rings. The number of amides is 1. The van der Waals surface area contributed by atoms with Crippen molar-refractivity contribution in [1.29, 1.82) is 0 Å². The van der Waals surface area contributed by atoms with E-state index < -0.39 is 5.97 Å². The van der Waals surface area contributed by atoms with Crippen molar-refractivity contribution in [2.24, 2.45) is 0 Å². The van der Waals surface area contributed by atoms with E-state index in [2.05, 4.69) is 6.07 Å². The minimum Gasteiger partial charge on any atom is -0.543 e. The van der Waals surface area contributed by atoms with Crippen LogP contribution in [0, 0.1) is 0 Å². The summed E-state index contributed by atoms with van der Waals surface area (Å²) in [4.78, 5) is 26.9. The average molecular weight is 341 g/mol. The summed E-state index contributed by atoms with van der Waals surface area (Å²) in [6, 6.07) is 2.05. The van der Waals surface area contributed by atoms with Gasteiger partial charge in [-0.05, 0) is 36.3 Å². The Bertz CT molecular complexity index is 699. The molecule has 1 atom stereocenters. The van der Waals surface area contributed by atoms with E-state index in [9.17, 15) is 14.7 Å². The number of hydrogen-bond donors (Lipinski definition) is 0. The van der Waals surface area contributed by atoms with Crippen LogP contribution in [0.4, 0.5) is 0 Å². The molecule has 4 heterocycles. The first-order valence-electron chi connectivity index (χ1n) is 6.81. The van der Waals surface area contributed by atoms with Crippen LogP contribution in [-0.2, 0) is 21.8 Å². The zero-order chi connectivity index (χ0) is 14.6. The molecule has 1 amide bonds. The summed E-state index contributed by atoms with van der Waals surface area (Å²) in [5.74, 6) is 0.745. The van der Waals surface area contributed by atoms with E-state index in [0.29, 0.717) is 12.0 Å². The number of carbonyl (C=O) groups is 2. The number of carboxylic acid groups (broad SMARTS) is 1. The minimum absolute atomic E-state index is 0. The summed E-state index contributed by atoms with van der Waals surface area (Å²) in [6.07, 6.45) is 5.19. The quantitative estimate of drug-likeness (QED) is 0.361. The molecule has 0 N–H and O–H groups in total. The third-order valence-electron chi connectivity index (χ3n) is 4.08. The van der Waals surface area contributed by atoms with Crippen molar-refractivity contribution in [3.8, 4) is 0 Å². The molecular weight excluding hydrogens is 329 g/mol. The fraction of sp³-hybridized carbons (Fsp3) is 0.333. The first-order valence-corrected chi connectivity index (χ1v) is 8.78. The summed E-state index contributed by atoms with van der Waals surface area (Å²) in [5, 5.41) is 10.9. The molecule has 3 aliphatic heterocycles. The maximum atomic E-state index is 12.1. The second-order valence-corrected chi connectivity index (χ2v) is 7.58. The summed E-state index contributed by atoms with van der Waals surface area (Å²) in [6.45, 7) is 0. The molecule has 1 aromatic rings. The Kier molecular flexibility index (Phi) is 4.58. The molecule has 1 aromatic heterocycles. The van der Waals surface area contributed by atoms with Crippen LogP contribution in [0.3, 0.4) is 0 Å². The molecule has 4 rings (SSSR count).